The van der Waals surface area contributed by atoms with Crippen molar-refractivity contribution in [3.05, 3.63) is 24.3 Å². The zero-order valence-corrected chi connectivity index (χ0v) is 20.1. The Balaban J connectivity index is 1.47. The van der Waals surface area contributed by atoms with Gasteiger partial charge in [-0.15, -0.1) is 0 Å². The van der Waals surface area contributed by atoms with Crippen molar-refractivity contribution < 1.29 is 14.2 Å². The third-order valence-corrected chi connectivity index (χ3v) is 7.17. The van der Waals surface area contributed by atoms with E-state index in [4.69, 9.17) is 29.9 Å². The number of aryl methyl sites for hydroxylation is 1. The molecule has 0 spiro atoms. The quantitative estimate of drug-likeness (QED) is 0.409. The lowest BCUT2D eigenvalue weighted by Gasteiger charge is -2.23. The van der Waals surface area contributed by atoms with Crippen molar-refractivity contribution in [2.75, 3.05) is 38.5 Å². The van der Waals surface area contributed by atoms with E-state index in [1.165, 1.54) is 25.7 Å². The molecule has 0 saturated heterocycles. The van der Waals surface area contributed by atoms with Gasteiger partial charge in [0.1, 0.15) is 11.3 Å². The van der Waals surface area contributed by atoms with Gasteiger partial charge in [0.25, 0.3) is 0 Å². The number of aromatic nitrogens is 3. The van der Waals surface area contributed by atoms with Gasteiger partial charge in [0.2, 0.25) is 11.7 Å². The lowest BCUT2D eigenvalue weighted by atomic mass is 9.95. The van der Waals surface area contributed by atoms with Crippen LogP contribution in [0, 0.1) is 11.8 Å². The Bertz CT molecular complexity index is 1140. The lowest BCUT2D eigenvalue weighted by Crippen LogP contribution is -2.26. The molecule has 0 aliphatic heterocycles. The summed E-state index contributed by atoms with van der Waals surface area (Å²) < 4.78 is 18.5. The van der Waals surface area contributed by atoms with Crippen LogP contribution >= 0.6 is 0 Å². The lowest BCUT2D eigenvalue weighted by molar-refractivity contribution is 0.324. The fourth-order valence-corrected chi connectivity index (χ4v) is 5.53. The number of pyridine rings is 1. The zero-order chi connectivity index (χ0) is 23.7. The predicted molar refractivity (Wildman–Crippen MR) is 133 cm³/mol. The monoisotopic (exact) mass is 466 g/mol. The molecule has 2 saturated carbocycles. The van der Waals surface area contributed by atoms with Crippen molar-refractivity contribution in [1.82, 2.24) is 14.5 Å². The molecular weight excluding hydrogens is 432 g/mol. The van der Waals surface area contributed by atoms with Crippen molar-refractivity contribution in [2.24, 2.45) is 17.6 Å². The van der Waals surface area contributed by atoms with Gasteiger partial charge in [-0.05, 0) is 56.2 Å². The fraction of sp³-hybridized carbons (Fsp3) is 0.520. The highest BCUT2D eigenvalue weighted by molar-refractivity contribution is 5.78. The average Bonchev–Trinajstić information content (AvgIpc) is 3.56. The Morgan fingerprint density at radius 2 is 1.82 bits per heavy atom. The zero-order valence-electron chi connectivity index (χ0n) is 20.1. The van der Waals surface area contributed by atoms with Crippen LogP contribution in [-0.2, 0) is 6.54 Å². The molecule has 2 bridgehead atoms. The van der Waals surface area contributed by atoms with Crippen LogP contribution in [0.2, 0.25) is 0 Å². The number of anilines is 3. The SMILES string of the molecule is COc1cc(Nc2nc3ccc(NC4CC5CCC4C5)nc3n2CCCN)cc(OC)c1OC. The van der Waals surface area contributed by atoms with E-state index in [0.717, 1.165) is 40.9 Å². The Kier molecular flexibility index (Phi) is 6.36. The van der Waals surface area contributed by atoms with E-state index in [0.29, 0.717) is 42.3 Å². The average molecular weight is 467 g/mol. The van der Waals surface area contributed by atoms with Crippen LogP contribution in [0.4, 0.5) is 17.5 Å². The molecule has 3 atom stereocenters. The van der Waals surface area contributed by atoms with Gasteiger partial charge >= 0.3 is 0 Å². The second-order valence-electron chi connectivity index (χ2n) is 9.23. The summed E-state index contributed by atoms with van der Waals surface area (Å²) in [6.07, 6.45) is 6.15. The van der Waals surface area contributed by atoms with Gasteiger partial charge in [-0.25, -0.2) is 9.97 Å². The standard InChI is InChI=1S/C25H34N6O3/c1-32-20-13-17(14-21(33-2)23(20)34-3)27-25-29-18-7-8-22(30-24(18)31(25)10-4-9-26)28-19-12-15-5-6-16(19)11-15/h7-8,13-16,19H,4-6,9-12,26H2,1-3H3,(H,27,29)(H,28,30). The molecule has 2 aromatic heterocycles. The highest BCUT2D eigenvalue weighted by Gasteiger charge is 2.39. The number of benzene rings is 1. The molecule has 4 N–H and O–H groups in total. The first-order chi connectivity index (χ1) is 16.6. The minimum Gasteiger partial charge on any atom is -0.493 e. The molecule has 0 amide bonds. The summed E-state index contributed by atoms with van der Waals surface area (Å²) in [6, 6.07) is 8.34. The van der Waals surface area contributed by atoms with Crippen LogP contribution in [0.5, 0.6) is 17.2 Å². The first-order valence-corrected chi connectivity index (χ1v) is 12.0. The van der Waals surface area contributed by atoms with Crippen LogP contribution in [0.3, 0.4) is 0 Å². The molecule has 182 valence electrons. The maximum absolute atomic E-state index is 5.84. The molecule has 34 heavy (non-hydrogen) atoms. The number of hydrogen-bond acceptors (Lipinski definition) is 8. The normalized spacial score (nSPS) is 21.1. The molecule has 9 nitrogen and oxygen atoms in total. The van der Waals surface area contributed by atoms with Crippen LogP contribution in [0.15, 0.2) is 24.3 Å². The molecule has 0 radical (unpaired) electrons. The highest BCUT2D eigenvalue weighted by atomic mass is 16.5. The van der Waals surface area contributed by atoms with Crippen LogP contribution < -0.4 is 30.6 Å². The first-order valence-electron chi connectivity index (χ1n) is 12.0. The topological polar surface area (TPSA) is 108 Å². The number of hydrogen-bond donors (Lipinski definition) is 3. The van der Waals surface area contributed by atoms with E-state index in [1.54, 1.807) is 21.3 Å². The van der Waals surface area contributed by atoms with E-state index in [-0.39, 0.29) is 0 Å². The Morgan fingerprint density at radius 3 is 2.44 bits per heavy atom. The van der Waals surface area contributed by atoms with Crippen LogP contribution in [0.1, 0.15) is 32.1 Å². The number of methoxy groups -OCH3 is 3. The van der Waals surface area contributed by atoms with E-state index in [1.807, 2.05) is 24.3 Å². The molecule has 5 rings (SSSR count). The van der Waals surface area contributed by atoms with Crippen molar-refractivity contribution in [3.8, 4) is 17.2 Å². The van der Waals surface area contributed by atoms with E-state index in [2.05, 4.69) is 15.2 Å². The van der Waals surface area contributed by atoms with Gasteiger partial charge in [-0.1, -0.05) is 6.42 Å². The molecule has 9 heteroatoms. The first kappa shape index (κ1) is 22.6. The summed E-state index contributed by atoms with van der Waals surface area (Å²) in [7, 11) is 4.80. The predicted octanol–water partition coefficient (Wildman–Crippen LogP) is 4.15. The van der Waals surface area contributed by atoms with Crippen LogP contribution in [-0.4, -0.2) is 48.5 Å². The third-order valence-electron chi connectivity index (χ3n) is 7.17. The van der Waals surface area contributed by atoms with E-state index < -0.39 is 0 Å². The minimum atomic E-state index is 0.529. The summed E-state index contributed by atoms with van der Waals surface area (Å²) in [4.78, 5) is 9.80. The van der Waals surface area contributed by atoms with E-state index in [9.17, 15) is 0 Å². The molecular formula is C25H34N6O3. The molecule has 2 fully saturated rings. The maximum Gasteiger partial charge on any atom is 0.209 e. The number of nitrogens with one attached hydrogen (secondary N) is 2. The minimum absolute atomic E-state index is 0.529. The number of ether oxygens (including phenoxy) is 3. The molecule has 2 aliphatic carbocycles. The number of rotatable bonds is 10. The van der Waals surface area contributed by atoms with Gasteiger partial charge in [0.15, 0.2) is 17.1 Å². The van der Waals surface area contributed by atoms with Gasteiger partial charge in [0, 0.05) is 30.4 Å². The molecule has 1 aromatic carbocycles. The molecule has 2 heterocycles. The summed E-state index contributed by atoms with van der Waals surface area (Å²) in [6.45, 7) is 1.30. The van der Waals surface area contributed by atoms with Crippen molar-refractivity contribution >= 4 is 28.6 Å². The Hall–Kier alpha value is -3.20. The van der Waals surface area contributed by atoms with Crippen molar-refractivity contribution in [2.45, 2.75) is 44.7 Å². The molecule has 2 aliphatic rings. The number of nitrogens with two attached hydrogens (primary N) is 1. The number of nitrogens with zero attached hydrogens (tertiary/aromatic N) is 3. The second kappa shape index (κ2) is 9.58. The van der Waals surface area contributed by atoms with Gasteiger partial charge < -0.3 is 30.6 Å². The summed E-state index contributed by atoms with van der Waals surface area (Å²) in [5.74, 6) is 4.97. The molecule has 3 unspecified atom stereocenters. The maximum atomic E-state index is 5.84. The van der Waals surface area contributed by atoms with Gasteiger partial charge in [-0.2, -0.15) is 0 Å². The second-order valence-corrected chi connectivity index (χ2v) is 9.23. The summed E-state index contributed by atoms with van der Waals surface area (Å²) in [5.41, 5.74) is 8.30. The summed E-state index contributed by atoms with van der Waals surface area (Å²) in [5, 5.41) is 7.13. The number of fused-ring (bicyclic) bond motifs is 3. The highest BCUT2D eigenvalue weighted by Crippen LogP contribution is 2.45. The Morgan fingerprint density at radius 1 is 1.03 bits per heavy atom. The fourth-order valence-electron chi connectivity index (χ4n) is 5.53. The summed E-state index contributed by atoms with van der Waals surface area (Å²) >= 11 is 0. The smallest absolute Gasteiger partial charge is 0.209 e. The van der Waals surface area contributed by atoms with E-state index >= 15 is 0 Å². The third kappa shape index (κ3) is 4.20. The number of imidazole rings is 1. The molecule has 3 aromatic rings. The van der Waals surface area contributed by atoms with Crippen molar-refractivity contribution in [3.63, 3.8) is 0 Å². The Labute approximate surface area is 200 Å². The van der Waals surface area contributed by atoms with Gasteiger partial charge in [-0.3, -0.25) is 4.57 Å². The van der Waals surface area contributed by atoms with Crippen molar-refractivity contribution in [1.29, 1.82) is 0 Å². The van der Waals surface area contributed by atoms with Gasteiger partial charge in [0.05, 0.1) is 21.3 Å². The largest absolute Gasteiger partial charge is 0.493 e. The van der Waals surface area contributed by atoms with Crippen LogP contribution in [0.25, 0.3) is 11.2 Å².